The number of fused-ring (bicyclic) bond motifs is 1. The van der Waals surface area contributed by atoms with Crippen LogP contribution >= 0.6 is 0 Å². The standard InChI is InChI=1S/C23H27FN4O2/c1-23(2)8-7-16-17(12-23)27-28-22(16)15-10-20(24)26-21(11-15)25-13-14-5-6-18(29-3)19(9-14)30-4/h5-6,9-11H,7-8,12-13H2,1-4H3,(H,25,26)(H,27,28). The first-order chi connectivity index (χ1) is 14.4. The number of hydrogen-bond donors (Lipinski definition) is 2. The molecule has 0 saturated heterocycles. The smallest absolute Gasteiger partial charge is 0.215 e. The first kappa shape index (κ1) is 20.2. The Morgan fingerprint density at radius 1 is 1.13 bits per heavy atom. The Hall–Kier alpha value is -3.09. The summed E-state index contributed by atoms with van der Waals surface area (Å²) in [5.41, 5.74) is 5.11. The number of methoxy groups -OCH3 is 2. The third-order valence-electron chi connectivity index (χ3n) is 5.65. The summed E-state index contributed by atoms with van der Waals surface area (Å²) < 4.78 is 24.9. The SMILES string of the molecule is COc1ccc(CNc2cc(-c3n[nH]c4c3CCC(C)(C)C4)cc(F)n2)cc1OC. The minimum Gasteiger partial charge on any atom is -0.493 e. The van der Waals surface area contributed by atoms with Crippen molar-refractivity contribution in [2.24, 2.45) is 5.41 Å². The van der Waals surface area contributed by atoms with Crippen LogP contribution in [0.3, 0.4) is 0 Å². The molecule has 0 amide bonds. The third-order valence-corrected chi connectivity index (χ3v) is 5.65. The molecule has 0 aliphatic heterocycles. The van der Waals surface area contributed by atoms with Crippen LogP contribution < -0.4 is 14.8 Å². The highest BCUT2D eigenvalue weighted by Gasteiger charge is 2.29. The van der Waals surface area contributed by atoms with Crippen LogP contribution in [0, 0.1) is 11.4 Å². The zero-order chi connectivity index (χ0) is 21.3. The van der Waals surface area contributed by atoms with Crippen LogP contribution in [0.2, 0.25) is 0 Å². The van der Waals surface area contributed by atoms with Crippen LogP contribution in [-0.2, 0) is 19.4 Å². The van der Waals surface area contributed by atoms with Gasteiger partial charge in [-0.1, -0.05) is 19.9 Å². The number of halogens is 1. The van der Waals surface area contributed by atoms with Crippen molar-refractivity contribution in [3.8, 4) is 22.8 Å². The van der Waals surface area contributed by atoms with Gasteiger partial charge in [0.25, 0.3) is 0 Å². The second-order valence-electron chi connectivity index (χ2n) is 8.48. The first-order valence-electron chi connectivity index (χ1n) is 10.1. The zero-order valence-corrected chi connectivity index (χ0v) is 17.8. The van der Waals surface area contributed by atoms with Gasteiger partial charge in [-0.15, -0.1) is 0 Å². The van der Waals surface area contributed by atoms with Gasteiger partial charge in [0.05, 0.1) is 19.9 Å². The summed E-state index contributed by atoms with van der Waals surface area (Å²) in [6, 6.07) is 8.95. The molecule has 2 aromatic heterocycles. The van der Waals surface area contributed by atoms with Gasteiger partial charge in [0.1, 0.15) is 5.82 Å². The number of rotatable bonds is 6. The van der Waals surface area contributed by atoms with Gasteiger partial charge in [0.2, 0.25) is 5.95 Å². The van der Waals surface area contributed by atoms with E-state index in [4.69, 9.17) is 9.47 Å². The zero-order valence-electron chi connectivity index (χ0n) is 17.8. The van der Waals surface area contributed by atoms with E-state index >= 15 is 0 Å². The molecule has 1 aliphatic carbocycles. The number of aromatic nitrogens is 3. The van der Waals surface area contributed by atoms with Gasteiger partial charge in [-0.05, 0) is 48.4 Å². The molecule has 0 spiro atoms. The van der Waals surface area contributed by atoms with Crippen LogP contribution in [0.4, 0.5) is 10.2 Å². The summed E-state index contributed by atoms with van der Waals surface area (Å²) >= 11 is 0. The number of nitrogens with zero attached hydrogens (tertiary/aromatic N) is 2. The van der Waals surface area contributed by atoms with Crippen LogP contribution in [-0.4, -0.2) is 29.4 Å². The van der Waals surface area contributed by atoms with Crippen molar-refractivity contribution in [1.82, 2.24) is 15.2 Å². The summed E-state index contributed by atoms with van der Waals surface area (Å²) in [5.74, 6) is 1.25. The molecule has 0 saturated carbocycles. The molecule has 0 radical (unpaired) electrons. The average molecular weight is 410 g/mol. The molecule has 158 valence electrons. The molecule has 0 fully saturated rings. The van der Waals surface area contributed by atoms with E-state index in [1.807, 2.05) is 24.3 Å². The van der Waals surface area contributed by atoms with Crippen LogP contribution in [0.1, 0.15) is 37.1 Å². The number of nitrogens with one attached hydrogen (secondary N) is 2. The number of aromatic amines is 1. The molecule has 0 atom stereocenters. The predicted octanol–water partition coefficient (Wildman–Crippen LogP) is 4.76. The number of anilines is 1. The Balaban J connectivity index is 1.56. The van der Waals surface area contributed by atoms with Crippen molar-refractivity contribution in [2.45, 2.75) is 39.7 Å². The molecule has 4 rings (SSSR count). The maximum Gasteiger partial charge on any atom is 0.215 e. The molecule has 1 aliphatic rings. The number of pyridine rings is 1. The average Bonchev–Trinajstić information content (AvgIpc) is 3.13. The lowest BCUT2D eigenvalue weighted by atomic mass is 9.76. The Kier molecular flexibility index (Phi) is 5.37. The summed E-state index contributed by atoms with van der Waals surface area (Å²) in [7, 11) is 3.20. The molecule has 3 aromatic rings. The Bertz CT molecular complexity index is 1060. The molecule has 0 unspecified atom stereocenters. The van der Waals surface area contributed by atoms with E-state index in [1.54, 1.807) is 14.2 Å². The molecular formula is C23H27FN4O2. The minimum atomic E-state index is -0.532. The second-order valence-corrected chi connectivity index (χ2v) is 8.48. The first-order valence-corrected chi connectivity index (χ1v) is 10.1. The predicted molar refractivity (Wildman–Crippen MR) is 114 cm³/mol. The van der Waals surface area contributed by atoms with E-state index in [0.717, 1.165) is 41.8 Å². The molecule has 2 heterocycles. The van der Waals surface area contributed by atoms with Crippen molar-refractivity contribution in [3.05, 3.63) is 53.1 Å². The van der Waals surface area contributed by atoms with Gasteiger partial charge in [0.15, 0.2) is 11.5 Å². The van der Waals surface area contributed by atoms with E-state index < -0.39 is 5.95 Å². The highest BCUT2D eigenvalue weighted by Crippen LogP contribution is 2.38. The molecule has 30 heavy (non-hydrogen) atoms. The second kappa shape index (κ2) is 7.97. The minimum absolute atomic E-state index is 0.256. The van der Waals surface area contributed by atoms with Crippen molar-refractivity contribution in [2.75, 3.05) is 19.5 Å². The number of ether oxygens (including phenoxy) is 2. The van der Waals surface area contributed by atoms with E-state index in [-0.39, 0.29) is 5.41 Å². The molecule has 0 bridgehead atoms. The van der Waals surface area contributed by atoms with Crippen molar-refractivity contribution < 1.29 is 13.9 Å². The molecule has 1 aromatic carbocycles. The number of H-pyrrole nitrogens is 1. The van der Waals surface area contributed by atoms with Gasteiger partial charge in [-0.2, -0.15) is 9.49 Å². The highest BCUT2D eigenvalue weighted by atomic mass is 19.1. The Morgan fingerprint density at radius 3 is 2.70 bits per heavy atom. The normalized spacial score (nSPS) is 14.8. The van der Waals surface area contributed by atoms with Crippen molar-refractivity contribution in [3.63, 3.8) is 0 Å². The summed E-state index contributed by atoms with van der Waals surface area (Å²) in [6.07, 6.45) is 2.98. The molecule has 7 heteroatoms. The summed E-state index contributed by atoms with van der Waals surface area (Å²) in [5, 5.41) is 10.9. The fraction of sp³-hybridized carbons (Fsp3) is 0.391. The van der Waals surface area contributed by atoms with Gasteiger partial charge >= 0.3 is 0 Å². The topological polar surface area (TPSA) is 72.1 Å². The molecule has 6 nitrogen and oxygen atoms in total. The van der Waals surface area contributed by atoms with E-state index in [1.165, 1.54) is 11.6 Å². The Morgan fingerprint density at radius 2 is 1.93 bits per heavy atom. The lowest BCUT2D eigenvalue weighted by Gasteiger charge is -2.29. The van der Waals surface area contributed by atoms with Gasteiger partial charge in [0, 0.05) is 29.4 Å². The molecular weight excluding hydrogens is 383 g/mol. The fourth-order valence-corrected chi connectivity index (χ4v) is 3.99. The lowest BCUT2D eigenvalue weighted by Crippen LogP contribution is -2.21. The highest BCUT2D eigenvalue weighted by molar-refractivity contribution is 5.67. The summed E-state index contributed by atoms with van der Waals surface area (Å²) in [6.45, 7) is 5.00. The Labute approximate surface area is 175 Å². The largest absolute Gasteiger partial charge is 0.493 e. The summed E-state index contributed by atoms with van der Waals surface area (Å²) in [4.78, 5) is 4.00. The maximum absolute atomic E-state index is 14.3. The lowest BCUT2D eigenvalue weighted by molar-refractivity contribution is 0.312. The number of hydrogen-bond acceptors (Lipinski definition) is 5. The molecule has 2 N–H and O–H groups in total. The monoisotopic (exact) mass is 410 g/mol. The van der Waals surface area contributed by atoms with Crippen molar-refractivity contribution >= 4 is 5.82 Å². The fourth-order valence-electron chi connectivity index (χ4n) is 3.99. The van der Waals surface area contributed by atoms with Gasteiger partial charge in [-0.3, -0.25) is 5.10 Å². The maximum atomic E-state index is 14.3. The van der Waals surface area contributed by atoms with Crippen LogP contribution in [0.5, 0.6) is 11.5 Å². The van der Waals surface area contributed by atoms with Gasteiger partial charge < -0.3 is 14.8 Å². The quantitative estimate of drug-likeness (QED) is 0.574. The third kappa shape index (κ3) is 4.10. The van der Waals surface area contributed by atoms with E-state index in [9.17, 15) is 4.39 Å². The number of benzene rings is 1. The van der Waals surface area contributed by atoms with Crippen LogP contribution in [0.25, 0.3) is 11.3 Å². The van der Waals surface area contributed by atoms with Crippen LogP contribution in [0.15, 0.2) is 30.3 Å². The van der Waals surface area contributed by atoms with E-state index in [0.29, 0.717) is 23.9 Å². The van der Waals surface area contributed by atoms with E-state index in [2.05, 4.69) is 34.3 Å². The van der Waals surface area contributed by atoms with Gasteiger partial charge in [-0.25, -0.2) is 4.98 Å². The van der Waals surface area contributed by atoms with Crippen molar-refractivity contribution in [1.29, 1.82) is 0 Å².